The van der Waals surface area contributed by atoms with E-state index < -0.39 is 0 Å². The zero-order valence-corrected chi connectivity index (χ0v) is 14.4. The second-order valence-electron chi connectivity index (χ2n) is 5.72. The first-order chi connectivity index (χ1) is 10.1. The molecular weight excluding hydrogens is 302 g/mol. The molecule has 1 aromatic heterocycles. The fourth-order valence-electron chi connectivity index (χ4n) is 2.46. The predicted octanol–water partition coefficient (Wildman–Crippen LogP) is 0.965. The van der Waals surface area contributed by atoms with Crippen molar-refractivity contribution in [3.63, 3.8) is 0 Å². The van der Waals surface area contributed by atoms with Crippen LogP contribution in [0.15, 0.2) is 6.20 Å². The highest BCUT2D eigenvalue weighted by molar-refractivity contribution is 5.95. The van der Waals surface area contributed by atoms with Crippen molar-refractivity contribution in [2.24, 2.45) is 0 Å². The Hall–Kier alpha value is -1.24. The molecule has 0 atom stereocenters. The molecule has 1 amide bonds. The Kier molecular flexibility index (Phi) is 7.72. The van der Waals surface area contributed by atoms with Gasteiger partial charge in [0.1, 0.15) is 5.82 Å². The molecule has 1 aliphatic heterocycles. The molecule has 124 valence electrons. The van der Waals surface area contributed by atoms with Crippen molar-refractivity contribution in [1.82, 2.24) is 25.5 Å². The molecule has 0 spiro atoms. The van der Waals surface area contributed by atoms with Gasteiger partial charge in [0.15, 0.2) is 0 Å². The number of piperazine rings is 1. The van der Waals surface area contributed by atoms with E-state index in [1.165, 1.54) is 0 Å². The number of amides is 1. The van der Waals surface area contributed by atoms with Crippen molar-refractivity contribution in [3.05, 3.63) is 23.3 Å². The Morgan fingerprint density at radius 3 is 2.73 bits per heavy atom. The van der Waals surface area contributed by atoms with Crippen LogP contribution in [0.2, 0.25) is 0 Å². The van der Waals surface area contributed by atoms with Gasteiger partial charge in [-0.25, -0.2) is 9.97 Å². The summed E-state index contributed by atoms with van der Waals surface area (Å²) < 4.78 is 0. The van der Waals surface area contributed by atoms with Crippen LogP contribution < -0.4 is 10.6 Å². The maximum absolute atomic E-state index is 12.3. The van der Waals surface area contributed by atoms with Crippen molar-refractivity contribution >= 4 is 18.3 Å². The number of rotatable bonds is 5. The maximum atomic E-state index is 12.3. The van der Waals surface area contributed by atoms with Crippen LogP contribution >= 0.6 is 12.4 Å². The molecule has 1 aliphatic rings. The quantitative estimate of drug-likeness (QED) is 0.843. The zero-order valence-electron chi connectivity index (χ0n) is 13.6. The van der Waals surface area contributed by atoms with E-state index in [2.05, 4.69) is 25.5 Å². The summed E-state index contributed by atoms with van der Waals surface area (Å²) in [5.41, 5.74) is 1.41. The average molecular weight is 328 g/mol. The van der Waals surface area contributed by atoms with E-state index in [-0.39, 0.29) is 24.2 Å². The summed E-state index contributed by atoms with van der Waals surface area (Å²) in [6, 6.07) is 0. The zero-order chi connectivity index (χ0) is 15.2. The van der Waals surface area contributed by atoms with Gasteiger partial charge >= 0.3 is 0 Å². The lowest BCUT2D eigenvalue weighted by atomic mass is 10.0. The molecule has 0 unspecified atom stereocenters. The first-order valence-corrected chi connectivity index (χ1v) is 7.62. The third-order valence-corrected chi connectivity index (χ3v) is 3.65. The van der Waals surface area contributed by atoms with Crippen molar-refractivity contribution < 1.29 is 4.79 Å². The van der Waals surface area contributed by atoms with Gasteiger partial charge < -0.3 is 10.6 Å². The normalized spacial score (nSPS) is 15.5. The Morgan fingerprint density at radius 2 is 2.09 bits per heavy atom. The Morgan fingerprint density at radius 1 is 1.41 bits per heavy atom. The number of aryl methyl sites for hydroxylation is 1. The summed E-state index contributed by atoms with van der Waals surface area (Å²) in [7, 11) is 0. The second kappa shape index (κ2) is 9.02. The molecule has 0 aromatic carbocycles. The molecule has 22 heavy (non-hydrogen) atoms. The van der Waals surface area contributed by atoms with Gasteiger partial charge in [-0.3, -0.25) is 9.69 Å². The topological polar surface area (TPSA) is 70.2 Å². The first kappa shape index (κ1) is 18.8. The number of aromatic nitrogens is 2. The highest BCUT2D eigenvalue weighted by Crippen LogP contribution is 2.16. The molecule has 2 rings (SSSR count). The van der Waals surface area contributed by atoms with Gasteiger partial charge in [-0.05, 0) is 12.8 Å². The van der Waals surface area contributed by atoms with Crippen LogP contribution in [0.4, 0.5) is 0 Å². The summed E-state index contributed by atoms with van der Waals surface area (Å²) in [5, 5.41) is 6.30. The van der Waals surface area contributed by atoms with E-state index in [1.54, 1.807) is 6.20 Å². The molecule has 1 fully saturated rings. The molecule has 0 radical (unpaired) electrons. The van der Waals surface area contributed by atoms with Crippen molar-refractivity contribution in [2.75, 3.05) is 39.3 Å². The number of nitrogens with zero attached hydrogens (tertiary/aromatic N) is 3. The van der Waals surface area contributed by atoms with Gasteiger partial charge in [0, 0.05) is 45.5 Å². The molecule has 0 bridgehead atoms. The van der Waals surface area contributed by atoms with Crippen LogP contribution in [0.25, 0.3) is 0 Å². The second-order valence-corrected chi connectivity index (χ2v) is 5.72. The van der Waals surface area contributed by atoms with E-state index in [1.807, 2.05) is 20.8 Å². The van der Waals surface area contributed by atoms with E-state index in [4.69, 9.17) is 0 Å². The third kappa shape index (κ3) is 5.19. The van der Waals surface area contributed by atoms with Crippen molar-refractivity contribution in [1.29, 1.82) is 0 Å². The number of halogens is 1. The Labute approximate surface area is 138 Å². The van der Waals surface area contributed by atoms with E-state index in [9.17, 15) is 4.79 Å². The van der Waals surface area contributed by atoms with Gasteiger partial charge in [-0.15, -0.1) is 12.4 Å². The van der Waals surface area contributed by atoms with Crippen LogP contribution in [0.5, 0.6) is 0 Å². The monoisotopic (exact) mass is 327 g/mol. The molecular formula is C15H26ClN5O. The summed E-state index contributed by atoms with van der Waals surface area (Å²) in [5.74, 6) is 0.838. The number of nitrogens with one attached hydrogen (secondary N) is 2. The molecule has 6 nitrogen and oxygen atoms in total. The lowest BCUT2D eigenvalue weighted by Crippen LogP contribution is -2.46. The standard InChI is InChI=1S/C15H25N5O.ClH/c1-11(2)14-13(10-18-12(3)19-14)15(21)17-6-9-20-7-4-16-5-8-20;/h10-11,16H,4-9H2,1-3H3,(H,17,21);1H. The van der Waals surface area contributed by atoms with Crippen LogP contribution in [-0.2, 0) is 0 Å². The largest absolute Gasteiger partial charge is 0.351 e. The van der Waals surface area contributed by atoms with Crippen LogP contribution in [0, 0.1) is 6.92 Å². The first-order valence-electron chi connectivity index (χ1n) is 7.62. The van der Waals surface area contributed by atoms with E-state index >= 15 is 0 Å². The SMILES string of the molecule is Cc1ncc(C(=O)NCCN2CCNCC2)c(C(C)C)n1.Cl. The van der Waals surface area contributed by atoms with E-state index in [0.29, 0.717) is 17.9 Å². The van der Waals surface area contributed by atoms with Gasteiger partial charge in [0.25, 0.3) is 5.91 Å². The average Bonchev–Trinajstić information content (AvgIpc) is 2.48. The van der Waals surface area contributed by atoms with E-state index in [0.717, 1.165) is 38.4 Å². The predicted molar refractivity (Wildman–Crippen MR) is 89.7 cm³/mol. The summed E-state index contributed by atoms with van der Waals surface area (Å²) in [4.78, 5) is 23.2. The van der Waals surface area contributed by atoms with Crippen LogP contribution in [0.3, 0.4) is 0 Å². The molecule has 0 saturated carbocycles. The van der Waals surface area contributed by atoms with Gasteiger partial charge in [-0.2, -0.15) is 0 Å². The highest BCUT2D eigenvalue weighted by atomic mass is 35.5. The minimum Gasteiger partial charge on any atom is -0.351 e. The lowest BCUT2D eigenvalue weighted by Gasteiger charge is -2.27. The molecule has 2 heterocycles. The van der Waals surface area contributed by atoms with Gasteiger partial charge in [0.2, 0.25) is 0 Å². The number of carbonyl (C=O) groups is 1. The highest BCUT2D eigenvalue weighted by Gasteiger charge is 2.16. The fraction of sp³-hybridized carbons (Fsp3) is 0.667. The lowest BCUT2D eigenvalue weighted by molar-refractivity contribution is 0.0945. The maximum Gasteiger partial charge on any atom is 0.254 e. The van der Waals surface area contributed by atoms with Gasteiger partial charge in [-0.1, -0.05) is 13.8 Å². The number of carbonyl (C=O) groups excluding carboxylic acids is 1. The summed E-state index contributed by atoms with van der Waals surface area (Å²) >= 11 is 0. The van der Waals surface area contributed by atoms with Crippen LogP contribution in [0.1, 0.15) is 41.6 Å². The van der Waals surface area contributed by atoms with Crippen molar-refractivity contribution in [2.45, 2.75) is 26.7 Å². The van der Waals surface area contributed by atoms with Crippen LogP contribution in [-0.4, -0.2) is 60.0 Å². The third-order valence-electron chi connectivity index (χ3n) is 3.65. The minimum atomic E-state index is -0.0752. The Balaban J connectivity index is 0.00000242. The van der Waals surface area contributed by atoms with Gasteiger partial charge in [0.05, 0.1) is 11.3 Å². The molecule has 2 N–H and O–H groups in total. The fourth-order valence-corrected chi connectivity index (χ4v) is 2.46. The minimum absolute atomic E-state index is 0. The summed E-state index contributed by atoms with van der Waals surface area (Å²) in [6.07, 6.45) is 1.64. The molecule has 1 aromatic rings. The number of hydrogen-bond acceptors (Lipinski definition) is 5. The summed E-state index contributed by atoms with van der Waals surface area (Å²) in [6.45, 7) is 11.6. The smallest absolute Gasteiger partial charge is 0.254 e. The number of hydrogen-bond donors (Lipinski definition) is 2. The molecule has 1 saturated heterocycles. The molecule has 0 aliphatic carbocycles. The molecule has 7 heteroatoms. The Bertz CT molecular complexity index is 489. The van der Waals surface area contributed by atoms with Crippen molar-refractivity contribution in [3.8, 4) is 0 Å².